The van der Waals surface area contributed by atoms with Gasteiger partial charge in [-0.15, -0.1) is 0 Å². The molecule has 0 saturated carbocycles. The van der Waals surface area contributed by atoms with Crippen LogP contribution in [0.15, 0.2) is 53.7 Å². The summed E-state index contributed by atoms with van der Waals surface area (Å²) >= 11 is 6.06. The number of fused-ring (bicyclic) bond motifs is 1. The number of pyridine rings is 2. The number of sulfone groups is 1. The van der Waals surface area contributed by atoms with Gasteiger partial charge in [0.1, 0.15) is 5.52 Å². The molecule has 0 aliphatic carbocycles. The minimum Gasteiger partial charge on any atom is -0.364 e. The number of anilines is 1. The van der Waals surface area contributed by atoms with Crippen LogP contribution in [0.1, 0.15) is 5.56 Å². The number of nitrogens with one attached hydrogen (secondary N) is 1. The standard InChI is InChI=1S/C16H14ClN3O2S/c1-23(21,22)14-5-4-11(9-13(14)17)10-20-16-15-12(6-8-19-16)3-2-7-18-15/h2-9H,10H2,1H3,(H,19,20). The van der Waals surface area contributed by atoms with Crippen molar-refractivity contribution in [3.63, 3.8) is 0 Å². The molecule has 0 atom stereocenters. The zero-order chi connectivity index (χ0) is 16.4. The lowest BCUT2D eigenvalue weighted by molar-refractivity contribution is 0.602. The Morgan fingerprint density at radius 2 is 1.96 bits per heavy atom. The van der Waals surface area contributed by atoms with Crippen molar-refractivity contribution >= 4 is 38.2 Å². The van der Waals surface area contributed by atoms with Crippen LogP contribution in [0.25, 0.3) is 10.9 Å². The molecule has 2 heterocycles. The molecule has 0 fully saturated rings. The highest BCUT2D eigenvalue weighted by Gasteiger charge is 2.12. The third kappa shape index (κ3) is 3.43. The van der Waals surface area contributed by atoms with Crippen molar-refractivity contribution in [2.45, 2.75) is 11.4 Å². The second-order valence-electron chi connectivity index (χ2n) is 5.13. The molecule has 0 saturated heterocycles. The normalized spacial score (nSPS) is 11.6. The molecule has 0 radical (unpaired) electrons. The molecule has 0 amide bonds. The lowest BCUT2D eigenvalue weighted by Crippen LogP contribution is -2.04. The van der Waals surface area contributed by atoms with Gasteiger partial charge in [0, 0.05) is 30.6 Å². The lowest BCUT2D eigenvalue weighted by atomic mass is 10.2. The van der Waals surface area contributed by atoms with E-state index in [4.69, 9.17) is 11.6 Å². The van der Waals surface area contributed by atoms with Crippen molar-refractivity contribution in [1.82, 2.24) is 9.97 Å². The molecular weight excluding hydrogens is 334 g/mol. The highest BCUT2D eigenvalue weighted by Crippen LogP contribution is 2.24. The summed E-state index contributed by atoms with van der Waals surface area (Å²) in [6.45, 7) is 0.465. The predicted molar refractivity (Wildman–Crippen MR) is 91.4 cm³/mol. The highest BCUT2D eigenvalue weighted by atomic mass is 35.5. The van der Waals surface area contributed by atoms with Crippen molar-refractivity contribution in [3.8, 4) is 0 Å². The van der Waals surface area contributed by atoms with Crippen molar-refractivity contribution < 1.29 is 8.42 Å². The first kappa shape index (κ1) is 15.7. The van der Waals surface area contributed by atoms with E-state index in [0.717, 1.165) is 22.7 Å². The number of nitrogens with zero attached hydrogens (tertiary/aromatic N) is 2. The Morgan fingerprint density at radius 1 is 1.13 bits per heavy atom. The van der Waals surface area contributed by atoms with Crippen LogP contribution >= 0.6 is 11.6 Å². The van der Waals surface area contributed by atoms with Gasteiger partial charge in [-0.25, -0.2) is 13.4 Å². The molecule has 23 heavy (non-hydrogen) atoms. The van der Waals surface area contributed by atoms with E-state index in [0.29, 0.717) is 12.4 Å². The van der Waals surface area contributed by atoms with E-state index in [1.165, 1.54) is 6.07 Å². The maximum absolute atomic E-state index is 11.6. The Hall–Kier alpha value is -2.18. The Morgan fingerprint density at radius 3 is 2.70 bits per heavy atom. The van der Waals surface area contributed by atoms with Gasteiger partial charge in [0.15, 0.2) is 15.7 Å². The molecule has 5 nitrogen and oxygen atoms in total. The number of hydrogen-bond donors (Lipinski definition) is 1. The first-order valence-corrected chi connectivity index (χ1v) is 9.14. The Balaban J connectivity index is 1.84. The monoisotopic (exact) mass is 347 g/mol. The van der Waals surface area contributed by atoms with Gasteiger partial charge in [0.05, 0.1) is 9.92 Å². The van der Waals surface area contributed by atoms with E-state index in [2.05, 4.69) is 15.3 Å². The summed E-state index contributed by atoms with van der Waals surface area (Å²) in [4.78, 5) is 8.76. The van der Waals surface area contributed by atoms with Crippen LogP contribution in [0.2, 0.25) is 5.02 Å². The van der Waals surface area contributed by atoms with Crippen LogP contribution in [0.4, 0.5) is 5.82 Å². The molecule has 0 bridgehead atoms. The quantitative estimate of drug-likeness (QED) is 0.784. The van der Waals surface area contributed by atoms with Gasteiger partial charge in [0.2, 0.25) is 0 Å². The van der Waals surface area contributed by atoms with E-state index in [1.807, 2.05) is 18.2 Å². The molecule has 0 spiro atoms. The lowest BCUT2D eigenvalue weighted by Gasteiger charge is -2.09. The second-order valence-corrected chi connectivity index (χ2v) is 7.52. The van der Waals surface area contributed by atoms with E-state index in [9.17, 15) is 8.42 Å². The molecule has 1 aromatic carbocycles. The second kappa shape index (κ2) is 6.14. The molecule has 0 aliphatic heterocycles. The van der Waals surface area contributed by atoms with Crippen LogP contribution in [0.5, 0.6) is 0 Å². The van der Waals surface area contributed by atoms with Gasteiger partial charge in [-0.05, 0) is 29.8 Å². The minimum absolute atomic E-state index is 0.132. The summed E-state index contributed by atoms with van der Waals surface area (Å²) < 4.78 is 23.1. The number of hydrogen-bond acceptors (Lipinski definition) is 5. The molecule has 0 unspecified atom stereocenters. The van der Waals surface area contributed by atoms with Crippen molar-refractivity contribution in [2.75, 3.05) is 11.6 Å². The average molecular weight is 348 g/mol. The molecule has 118 valence electrons. The number of halogens is 1. The Bertz CT molecular complexity index is 969. The fraction of sp³-hybridized carbons (Fsp3) is 0.125. The molecule has 1 N–H and O–H groups in total. The molecular formula is C16H14ClN3O2S. The zero-order valence-corrected chi connectivity index (χ0v) is 13.9. The number of benzene rings is 1. The number of aromatic nitrogens is 2. The predicted octanol–water partition coefficient (Wildman–Crippen LogP) is 3.30. The fourth-order valence-electron chi connectivity index (χ4n) is 2.27. The van der Waals surface area contributed by atoms with E-state index >= 15 is 0 Å². The van der Waals surface area contributed by atoms with Crippen LogP contribution in [-0.4, -0.2) is 24.6 Å². The van der Waals surface area contributed by atoms with E-state index in [-0.39, 0.29) is 9.92 Å². The van der Waals surface area contributed by atoms with Gasteiger partial charge in [0.25, 0.3) is 0 Å². The van der Waals surface area contributed by atoms with Crippen LogP contribution in [0, 0.1) is 0 Å². The van der Waals surface area contributed by atoms with Crippen LogP contribution in [0.3, 0.4) is 0 Å². The molecule has 7 heteroatoms. The minimum atomic E-state index is -3.32. The summed E-state index contributed by atoms with van der Waals surface area (Å²) in [6.07, 6.45) is 4.57. The highest BCUT2D eigenvalue weighted by molar-refractivity contribution is 7.90. The third-order valence-corrected chi connectivity index (χ3v) is 4.96. The zero-order valence-electron chi connectivity index (χ0n) is 12.3. The summed E-state index contributed by atoms with van der Waals surface area (Å²) in [6, 6.07) is 10.6. The van der Waals surface area contributed by atoms with Crippen LogP contribution in [-0.2, 0) is 16.4 Å². The molecule has 0 aliphatic rings. The first-order valence-electron chi connectivity index (χ1n) is 6.87. The summed E-state index contributed by atoms with van der Waals surface area (Å²) in [7, 11) is -3.32. The molecule has 3 aromatic rings. The van der Waals surface area contributed by atoms with Gasteiger partial charge in [-0.1, -0.05) is 23.7 Å². The summed E-state index contributed by atoms with van der Waals surface area (Å²) in [5, 5.41) is 4.42. The summed E-state index contributed by atoms with van der Waals surface area (Å²) in [5.41, 5.74) is 1.64. The Kier molecular flexibility index (Phi) is 4.19. The Labute approximate surface area is 139 Å². The van der Waals surface area contributed by atoms with Gasteiger partial charge >= 0.3 is 0 Å². The maximum atomic E-state index is 11.6. The van der Waals surface area contributed by atoms with Crippen molar-refractivity contribution in [1.29, 1.82) is 0 Å². The van der Waals surface area contributed by atoms with Crippen molar-refractivity contribution in [3.05, 3.63) is 59.4 Å². The fourth-order valence-corrected chi connectivity index (χ4v) is 3.63. The largest absolute Gasteiger partial charge is 0.364 e. The SMILES string of the molecule is CS(=O)(=O)c1ccc(CNc2nccc3cccnc23)cc1Cl. The smallest absolute Gasteiger partial charge is 0.176 e. The molecule has 3 rings (SSSR count). The molecule has 2 aromatic heterocycles. The van der Waals surface area contributed by atoms with E-state index in [1.54, 1.807) is 24.5 Å². The maximum Gasteiger partial charge on any atom is 0.176 e. The van der Waals surface area contributed by atoms with Gasteiger partial charge < -0.3 is 5.32 Å². The topological polar surface area (TPSA) is 72.0 Å². The van der Waals surface area contributed by atoms with E-state index < -0.39 is 9.84 Å². The number of rotatable bonds is 4. The van der Waals surface area contributed by atoms with Crippen molar-refractivity contribution in [2.24, 2.45) is 0 Å². The van der Waals surface area contributed by atoms with Gasteiger partial charge in [-0.2, -0.15) is 0 Å². The third-order valence-electron chi connectivity index (χ3n) is 3.38. The van der Waals surface area contributed by atoms with Crippen LogP contribution < -0.4 is 5.32 Å². The first-order chi connectivity index (χ1) is 10.9. The summed E-state index contributed by atoms with van der Waals surface area (Å²) in [5.74, 6) is 0.673. The average Bonchev–Trinajstić information content (AvgIpc) is 2.51. The van der Waals surface area contributed by atoms with Gasteiger partial charge in [-0.3, -0.25) is 4.98 Å².